The number of halogens is 2. The molecule has 0 aliphatic heterocycles. The van der Waals surface area contributed by atoms with Gasteiger partial charge in [0.25, 0.3) is 0 Å². The van der Waals surface area contributed by atoms with Gasteiger partial charge in [0.1, 0.15) is 36.3 Å². The maximum Gasteiger partial charge on any atom is 1.00 e. The molecule has 14 heteroatoms. The van der Waals surface area contributed by atoms with Crippen LogP contribution in [0.2, 0.25) is 0 Å². The minimum atomic E-state index is -1.30. The summed E-state index contributed by atoms with van der Waals surface area (Å²) in [4.78, 5) is 37.4. The number of aryl methyl sites for hydroxylation is 3. The Morgan fingerprint density at radius 1 is 0.643 bits per heavy atom. The maximum atomic E-state index is 13.6. The molecule has 0 unspecified atom stereocenters. The van der Waals surface area contributed by atoms with Crippen LogP contribution in [0.1, 0.15) is 91.2 Å². The van der Waals surface area contributed by atoms with Gasteiger partial charge in [0.15, 0.2) is 0 Å². The second-order valence-corrected chi connectivity index (χ2v) is 18.9. The van der Waals surface area contributed by atoms with Crippen LogP contribution in [0.3, 0.4) is 0 Å². The fraction of sp³-hybridized carbons (Fsp3) is 0.179. The van der Waals surface area contributed by atoms with Crippen molar-refractivity contribution in [3.8, 4) is 32.6 Å². The third kappa shape index (κ3) is 11.4. The number of aromatic nitrogens is 2. The number of carbonyl (C=O) groups excluding carboxylic acids is 2. The standard InChI is InChI=1S/C29H28FNO3S.C27H20FNO3S.2Na/c1-6-8-21-18(5)28(35-27(21)16(2)3)23-14-22(29(32)33)25-24(12-11-17(4)26(25)31-23)34-15-19-9-7-10-20(30)13-19;1-15-7-12-22(32-14-17-8-10-18(28)11-9-17)24-20(27(30)31)13-21(29-25(15)24)26-16(2)19-5-3-4-6-23(19)33-26;;/h6-14,16H,15H2,1-5H3,(H,32,33);3-13H,14H2,1-2H3,(H,30,31);;/q;;2*+1/p-2/b8-6-;;;. The number of hydrogen-bond acceptors (Lipinski definition) is 10. The van der Waals surface area contributed by atoms with E-state index in [2.05, 4.69) is 26.0 Å². The minimum Gasteiger partial charge on any atom is -0.545 e. The van der Waals surface area contributed by atoms with E-state index in [1.165, 1.54) is 29.1 Å². The summed E-state index contributed by atoms with van der Waals surface area (Å²) in [5.41, 5.74) is 8.72. The first-order valence-corrected chi connectivity index (χ1v) is 23.6. The number of hydrogen-bond donors (Lipinski definition) is 0. The summed E-state index contributed by atoms with van der Waals surface area (Å²) in [6, 6.07) is 30.5. The number of benzene rings is 5. The number of aromatic carboxylic acids is 2. The molecule has 0 aliphatic carbocycles. The zero-order valence-electron chi connectivity index (χ0n) is 40.5. The van der Waals surface area contributed by atoms with Gasteiger partial charge in [-0.15, -0.1) is 22.7 Å². The number of carboxylic acids is 2. The minimum absolute atomic E-state index is 0. The average molecular weight is 991 g/mol. The van der Waals surface area contributed by atoms with Gasteiger partial charge in [0.05, 0.1) is 54.9 Å². The van der Waals surface area contributed by atoms with E-state index in [0.717, 1.165) is 53.2 Å². The van der Waals surface area contributed by atoms with Gasteiger partial charge in [-0.25, -0.2) is 18.7 Å². The van der Waals surface area contributed by atoms with Crippen LogP contribution < -0.4 is 78.8 Å². The predicted molar refractivity (Wildman–Crippen MR) is 265 cm³/mol. The number of ether oxygens (including phenoxy) is 2. The first-order valence-electron chi connectivity index (χ1n) is 21.9. The fourth-order valence-electron chi connectivity index (χ4n) is 8.22. The van der Waals surface area contributed by atoms with E-state index in [9.17, 15) is 28.6 Å². The monoisotopic (exact) mass is 990 g/mol. The summed E-state index contributed by atoms with van der Waals surface area (Å²) in [5, 5.41) is 26.4. The first kappa shape index (κ1) is 54.1. The molecule has 344 valence electrons. The van der Waals surface area contributed by atoms with Crippen molar-refractivity contribution in [1.29, 1.82) is 0 Å². The Morgan fingerprint density at radius 2 is 1.19 bits per heavy atom. The second-order valence-electron chi connectivity index (χ2n) is 16.8. The molecule has 8 nitrogen and oxygen atoms in total. The van der Waals surface area contributed by atoms with Crippen LogP contribution in [-0.2, 0) is 13.2 Å². The van der Waals surface area contributed by atoms with Crippen molar-refractivity contribution in [3.63, 3.8) is 0 Å². The van der Waals surface area contributed by atoms with Gasteiger partial charge in [-0.05, 0) is 139 Å². The Labute approximate surface area is 457 Å². The van der Waals surface area contributed by atoms with Gasteiger partial charge in [0.2, 0.25) is 0 Å². The third-order valence-corrected chi connectivity index (χ3v) is 14.6. The number of rotatable bonds is 12. The van der Waals surface area contributed by atoms with Crippen LogP contribution in [0, 0.1) is 39.3 Å². The van der Waals surface area contributed by atoms with Gasteiger partial charge in [-0.2, -0.15) is 0 Å². The van der Waals surface area contributed by atoms with Gasteiger partial charge in [-0.3, -0.25) is 0 Å². The molecule has 0 bridgehead atoms. The van der Waals surface area contributed by atoms with E-state index in [1.807, 2.05) is 71.0 Å². The molecule has 0 saturated heterocycles. The van der Waals surface area contributed by atoms with E-state index in [4.69, 9.17) is 19.4 Å². The molecule has 0 radical (unpaired) electrons. The zero-order chi connectivity index (χ0) is 48.4. The Kier molecular flexibility index (Phi) is 18.0. The molecule has 0 atom stereocenters. The summed E-state index contributed by atoms with van der Waals surface area (Å²) in [5.74, 6) is -2.19. The van der Waals surface area contributed by atoms with Crippen LogP contribution in [0.15, 0.2) is 115 Å². The number of carbonyl (C=O) groups is 2. The molecule has 9 rings (SSSR count). The van der Waals surface area contributed by atoms with E-state index in [1.54, 1.807) is 71.2 Å². The van der Waals surface area contributed by atoms with E-state index in [0.29, 0.717) is 56.2 Å². The first-order chi connectivity index (χ1) is 32.6. The molecule has 70 heavy (non-hydrogen) atoms. The molecule has 0 amide bonds. The van der Waals surface area contributed by atoms with Crippen molar-refractivity contribution in [3.05, 3.63) is 182 Å². The molecule has 5 aromatic carbocycles. The van der Waals surface area contributed by atoms with E-state index < -0.39 is 11.9 Å². The molecule has 0 aliphatic rings. The van der Waals surface area contributed by atoms with Crippen molar-refractivity contribution in [2.24, 2.45) is 0 Å². The van der Waals surface area contributed by atoms with Crippen molar-refractivity contribution in [1.82, 2.24) is 9.97 Å². The Bertz CT molecular complexity index is 3440. The molecule has 0 fully saturated rings. The van der Waals surface area contributed by atoms with Gasteiger partial charge in [-0.1, -0.05) is 80.6 Å². The predicted octanol–water partition coefficient (Wildman–Crippen LogP) is 6.64. The SMILES string of the molecule is C/C=C\c1c(C(C)C)sc(-c2cc(C(=O)[O-])c3c(OCc4cccc(F)c4)ccc(C)c3n2)c1C.Cc1c(-c2cc(C(=O)[O-])c3c(OCc4ccc(F)cc4)ccc(C)c3n2)sc2ccccc12.[Na+].[Na+]. The molecular formula is C56H46F2N2Na2O6S2. The van der Waals surface area contributed by atoms with E-state index >= 15 is 0 Å². The average Bonchev–Trinajstić information content (AvgIpc) is 3.84. The third-order valence-electron chi connectivity index (χ3n) is 11.7. The smallest absolute Gasteiger partial charge is 0.545 e. The van der Waals surface area contributed by atoms with Gasteiger partial charge < -0.3 is 29.3 Å². The number of thiophene rings is 2. The van der Waals surface area contributed by atoms with Crippen molar-refractivity contribution in [2.45, 2.75) is 67.6 Å². The van der Waals surface area contributed by atoms with Crippen LogP contribution in [0.5, 0.6) is 11.5 Å². The molecule has 0 spiro atoms. The molecule has 0 N–H and O–H groups in total. The number of allylic oxidation sites excluding steroid dienone is 1. The van der Waals surface area contributed by atoms with Gasteiger partial charge >= 0.3 is 59.1 Å². The number of pyridine rings is 2. The van der Waals surface area contributed by atoms with Crippen molar-refractivity contribution in [2.75, 3.05) is 0 Å². The van der Waals surface area contributed by atoms with Crippen LogP contribution >= 0.6 is 22.7 Å². The second kappa shape index (κ2) is 23.3. The van der Waals surface area contributed by atoms with E-state index in [-0.39, 0.29) is 95.1 Å². The quantitative estimate of drug-likeness (QED) is 0.125. The Morgan fingerprint density at radius 3 is 1.70 bits per heavy atom. The molecule has 0 saturated carbocycles. The molecular weight excluding hydrogens is 945 g/mol. The van der Waals surface area contributed by atoms with Crippen molar-refractivity contribution >= 4 is 72.6 Å². The summed E-state index contributed by atoms with van der Waals surface area (Å²) in [7, 11) is 0. The van der Waals surface area contributed by atoms with Crippen LogP contribution in [0.4, 0.5) is 8.78 Å². The number of carboxylic acid groups (broad SMARTS) is 2. The summed E-state index contributed by atoms with van der Waals surface area (Å²) in [6.07, 6.45) is 4.10. The summed E-state index contributed by atoms with van der Waals surface area (Å²) < 4.78 is 39.8. The molecule has 9 aromatic rings. The largest absolute Gasteiger partial charge is 1.00 e. The number of nitrogens with zero attached hydrogens (tertiary/aromatic N) is 2. The Hall–Kier alpha value is -5.28. The topological polar surface area (TPSA) is 124 Å². The normalized spacial score (nSPS) is 11.1. The van der Waals surface area contributed by atoms with Crippen LogP contribution in [-0.4, -0.2) is 21.9 Å². The maximum absolute atomic E-state index is 13.6. The fourth-order valence-corrected chi connectivity index (χ4v) is 10.7. The van der Waals surface area contributed by atoms with Crippen molar-refractivity contribution < 1.29 is 97.2 Å². The van der Waals surface area contributed by atoms with Crippen LogP contribution in [0.25, 0.3) is 59.1 Å². The molecule has 4 aromatic heterocycles. The van der Waals surface area contributed by atoms with Gasteiger partial charge in [0, 0.05) is 20.7 Å². The summed E-state index contributed by atoms with van der Waals surface area (Å²) in [6.45, 7) is 14.4. The summed E-state index contributed by atoms with van der Waals surface area (Å²) >= 11 is 3.23. The number of fused-ring (bicyclic) bond motifs is 3. The Balaban J connectivity index is 0.000000223. The zero-order valence-corrected chi connectivity index (χ0v) is 46.1. The molecule has 4 heterocycles.